The summed E-state index contributed by atoms with van der Waals surface area (Å²) in [5, 5.41) is 1.46. The highest BCUT2D eigenvalue weighted by molar-refractivity contribution is 5.89. The largest absolute Gasteiger partial charge is 0.493 e. The summed E-state index contributed by atoms with van der Waals surface area (Å²) in [5.41, 5.74) is 1.15. The zero-order chi connectivity index (χ0) is 13.7. The molecule has 0 amide bonds. The maximum atomic E-state index is 14.0. The molecule has 0 fully saturated rings. The lowest BCUT2D eigenvalue weighted by Gasteiger charge is -2.12. The maximum absolute atomic E-state index is 14.0. The Labute approximate surface area is 113 Å². The Morgan fingerprint density at radius 2 is 2.00 bits per heavy atom. The molecule has 102 valence electrons. The van der Waals surface area contributed by atoms with Crippen molar-refractivity contribution in [2.75, 3.05) is 20.3 Å². The third-order valence-electron chi connectivity index (χ3n) is 3.11. The third kappa shape index (κ3) is 3.24. The SMILES string of the molecule is CCc1cc(OCCCOC)c2c(F)cccc2c1. The van der Waals surface area contributed by atoms with E-state index in [9.17, 15) is 4.39 Å². The second-order valence-corrected chi connectivity index (χ2v) is 4.48. The molecule has 0 N–H and O–H groups in total. The predicted molar refractivity (Wildman–Crippen MR) is 75.3 cm³/mol. The van der Waals surface area contributed by atoms with Crippen molar-refractivity contribution < 1.29 is 13.9 Å². The van der Waals surface area contributed by atoms with Gasteiger partial charge in [0.05, 0.1) is 12.0 Å². The maximum Gasteiger partial charge on any atom is 0.134 e. The lowest BCUT2D eigenvalue weighted by Crippen LogP contribution is -2.02. The van der Waals surface area contributed by atoms with Crippen LogP contribution in [-0.4, -0.2) is 20.3 Å². The van der Waals surface area contributed by atoms with E-state index in [1.54, 1.807) is 13.2 Å². The van der Waals surface area contributed by atoms with E-state index < -0.39 is 0 Å². The van der Waals surface area contributed by atoms with Crippen molar-refractivity contribution in [2.24, 2.45) is 0 Å². The quantitative estimate of drug-likeness (QED) is 0.734. The van der Waals surface area contributed by atoms with Crippen molar-refractivity contribution >= 4 is 10.8 Å². The van der Waals surface area contributed by atoms with Gasteiger partial charge in [0.25, 0.3) is 0 Å². The van der Waals surface area contributed by atoms with E-state index in [2.05, 4.69) is 6.92 Å². The van der Waals surface area contributed by atoms with Gasteiger partial charge in [0, 0.05) is 20.1 Å². The molecule has 0 atom stereocenters. The molecular weight excluding hydrogens is 243 g/mol. The summed E-state index contributed by atoms with van der Waals surface area (Å²) in [7, 11) is 1.66. The van der Waals surface area contributed by atoms with E-state index in [0.717, 1.165) is 23.8 Å². The van der Waals surface area contributed by atoms with Gasteiger partial charge in [-0.2, -0.15) is 0 Å². The molecule has 2 nitrogen and oxygen atoms in total. The van der Waals surface area contributed by atoms with Crippen LogP contribution >= 0.6 is 0 Å². The van der Waals surface area contributed by atoms with Gasteiger partial charge in [-0.25, -0.2) is 4.39 Å². The number of benzene rings is 2. The topological polar surface area (TPSA) is 18.5 Å². The molecule has 0 saturated heterocycles. The van der Waals surface area contributed by atoms with E-state index in [4.69, 9.17) is 9.47 Å². The van der Waals surface area contributed by atoms with E-state index in [1.807, 2.05) is 18.2 Å². The Balaban J connectivity index is 2.33. The molecule has 0 aliphatic heterocycles. The summed E-state index contributed by atoms with van der Waals surface area (Å²) in [4.78, 5) is 0. The number of methoxy groups -OCH3 is 1. The monoisotopic (exact) mass is 262 g/mol. The molecular formula is C16H19FO2. The second-order valence-electron chi connectivity index (χ2n) is 4.48. The van der Waals surface area contributed by atoms with Crippen molar-refractivity contribution in [1.29, 1.82) is 0 Å². The number of ether oxygens (including phenoxy) is 2. The predicted octanol–water partition coefficient (Wildman–Crippen LogP) is 3.96. The van der Waals surface area contributed by atoms with Gasteiger partial charge in [-0.3, -0.25) is 0 Å². The average Bonchev–Trinajstić information content (AvgIpc) is 2.43. The summed E-state index contributed by atoms with van der Waals surface area (Å²) in [6, 6.07) is 9.06. The van der Waals surface area contributed by atoms with Crippen LogP contribution in [0.1, 0.15) is 18.9 Å². The highest BCUT2D eigenvalue weighted by atomic mass is 19.1. The second kappa shape index (κ2) is 6.53. The Morgan fingerprint density at radius 1 is 1.16 bits per heavy atom. The van der Waals surface area contributed by atoms with Crippen LogP contribution in [0.4, 0.5) is 4.39 Å². The van der Waals surface area contributed by atoms with E-state index >= 15 is 0 Å². The minimum absolute atomic E-state index is 0.234. The first-order chi connectivity index (χ1) is 9.26. The summed E-state index contributed by atoms with van der Waals surface area (Å²) < 4.78 is 24.7. The van der Waals surface area contributed by atoms with Crippen molar-refractivity contribution in [3.05, 3.63) is 41.7 Å². The van der Waals surface area contributed by atoms with Gasteiger partial charge in [-0.05, 0) is 29.5 Å². The Bertz CT molecular complexity index is 552. The van der Waals surface area contributed by atoms with Crippen molar-refractivity contribution in [2.45, 2.75) is 19.8 Å². The van der Waals surface area contributed by atoms with Crippen molar-refractivity contribution in [3.8, 4) is 5.75 Å². The molecule has 0 radical (unpaired) electrons. The summed E-state index contributed by atoms with van der Waals surface area (Å²) in [6.07, 6.45) is 1.70. The van der Waals surface area contributed by atoms with Gasteiger partial charge < -0.3 is 9.47 Å². The van der Waals surface area contributed by atoms with Crippen LogP contribution in [0.25, 0.3) is 10.8 Å². The van der Waals surface area contributed by atoms with Gasteiger partial charge >= 0.3 is 0 Å². The van der Waals surface area contributed by atoms with Crippen LogP contribution in [0, 0.1) is 5.82 Å². The lowest BCUT2D eigenvalue weighted by molar-refractivity contribution is 0.172. The summed E-state index contributed by atoms with van der Waals surface area (Å²) in [5.74, 6) is 0.394. The lowest BCUT2D eigenvalue weighted by atomic mass is 10.0. The molecule has 2 aromatic carbocycles. The summed E-state index contributed by atoms with van der Waals surface area (Å²) >= 11 is 0. The zero-order valence-corrected chi connectivity index (χ0v) is 11.4. The van der Waals surface area contributed by atoms with Crippen LogP contribution in [-0.2, 0) is 11.2 Å². The van der Waals surface area contributed by atoms with Crippen LogP contribution in [0.3, 0.4) is 0 Å². The first-order valence-corrected chi connectivity index (χ1v) is 6.59. The fraction of sp³-hybridized carbons (Fsp3) is 0.375. The smallest absolute Gasteiger partial charge is 0.134 e. The Morgan fingerprint density at radius 3 is 2.74 bits per heavy atom. The first-order valence-electron chi connectivity index (χ1n) is 6.59. The number of halogens is 1. The number of rotatable bonds is 6. The normalized spacial score (nSPS) is 10.9. The minimum Gasteiger partial charge on any atom is -0.493 e. The van der Waals surface area contributed by atoms with Gasteiger partial charge in [0.2, 0.25) is 0 Å². The average molecular weight is 262 g/mol. The number of hydrogen-bond acceptors (Lipinski definition) is 2. The van der Waals surface area contributed by atoms with Gasteiger partial charge in [-0.1, -0.05) is 25.1 Å². The molecule has 0 saturated carbocycles. The van der Waals surface area contributed by atoms with Crippen molar-refractivity contribution in [3.63, 3.8) is 0 Å². The Hall–Kier alpha value is -1.61. The molecule has 0 heterocycles. The highest BCUT2D eigenvalue weighted by Crippen LogP contribution is 2.30. The highest BCUT2D eigenvalue weighted by Gasteiger charge is 2.09. The van der Waals surface area contributed by atoms with E-state index in [-0.39, 0.29) is 5.82 Å². The standard InChI is InChI=1S/C16H19FO2/c1-3-12-10-13-6-4-7-14(17)16(13)15(11-12)19-9-5-8-18-2/h4,6-7,10-11H,3,5,8-9H2,1-2H3. The Kier molecular flexibility index (Phi) is 4.74. The molecule has 0 aliphatic rings. The number of aryl methyl sites for hydroxylation is 1. The third-order valence-corrected chi connectivity index (χ3v) is 3.11. The molecule has 2 aromatic rings. The molecule has 0 bridgehead atoms. The van der Waals surface area contributed by atoms with E-state index in [1.165, 1.54) is 6.07 Å². The van der Waals surface area contributed by atoms with Crippen LogP contribution in [0.15, 0.2) is 30.3 Å². The first kappa shape index (κ1) is 13.8. The molecule has 0 unspecified atom stereocenters. The molecule has 2 rings (SSSR count). The molecule has 19 heavy (non-hydrogen) atoms. The van der Waals surface area contributed by atoms with Crippen LogP contribution < -0.4 is 4.74 Å². The molecule has 3 heteroatoms. The van der Waals surface area contributed by atoms with Gasteiger partial charge in [0.1, 0.15) is 11.6 Å². The minimum atomic E-state index is -0.234. The van der Waals surface area contributed by atoms with Crippen LogP contribution in [0.2, 0.25) is 0 Å². The van der Waals surface area contributed by atoms with Gasteiger partial charge in [-0.15, -0.1) is 0 Å². The molecule has 0 aromatic heterocycles. The van der Waals surface area contributed by atoms with Crippen molar-refractivity contribution in [1.82, 2.24) is 0 Å². The molecule has 0 spiro atoms. The van der Waals surface area contributed by atoms with Gasteiger partial charge in [0.15, 0.2) is 0 Å². The zero-order valence-electron chi connectivity index (χ0n) is 11.4. The fourth-order valence-corrected chi connectivity index (χ4v) is 2.11. The fourth-order valence-electron chi connectivity index (χ4n) is 2.11. The summed E-state index contributed by atoms with van der Waals surface area (Å²) in [6.45, 7) is 3.26. The number of hydrogen-bond donors (Lipinski definition) is 0. The number of fused-ring (bicyclic) bond motifs is 1. The van der Waals surface area contributed by atoms with Crippen LogP contribution in [0.5, 0.6) is 5.75 Å². The van der Waals surface area contributed by atoms with E-state index in [0.29, 0.717) is 24.3 Å². The molecule has 0 aliphatic carbocycles.